The lowest BCUT2D eigenvalue weighted by atomic mass is 9.74. The first-order valence-electron chi connectivity index (χ1n) is 8.18. The number of aromatic nitrogens is 2. The van der Waals surface area contributed by atoms with Crippen molar-refractivity contribution in [1.82, 2.24) is 9.97 Å². The van der Waals surface area contributed by atoms with Crippen LogP contribution in [0, 0.1) is 12.3 Å². The fourth-order valence-electron chi connectivity index (χ4n) is 3.31. The Kier molecular flexibility index (Phi) is 5.04. The molecule has 0 unspecified atom stereocenters. The minimum absolute atomic E-state index is 0.528. The van der Waals surface area contributed by atoms with Crippen molar-refractivity contribution in [2.45, 2.75) is 59.8 Å². The summed E-state index contributed by atoms with van der Waals surface area (Å²) in [6.45, 7) is 10.9. The number of nitrogen functional groups attached to an aromatic ring is 1. The van der Waals surface area contributed by atoms with Crippen LogP contribution in [-0.2, 0) is 6.42 Å². The maximum Gasteiger partial charge on any atom is 0.148 e. The van der Waals surface area contributed by atoms with Crippen molar-refractivity contribution in [2.24, 2.45) is 11.3 Å². The van der Waals surface area contributed by atoms with Crippen molar-refractivity contribution in [3.05, 3.63) is 11.4 Å². The van der Waals surface area contributed by atoms with Crippen molar-refractivity contribution in [3.63, 3.8) is 0 Å². The van der Waals surface area contributed by atoms with Crippen LogP contribution in [0.4, 0.5) is 11.6 Å². The maximum absolute atomic E-state index is 5.60. The van der Waals surface area contributed by atoms with Gasteiger partial charge in [-0.2, -0.15) is 0 Å². The van der Waals surface area contributed by atoms with Crippen molar-refractivity contribution < 1.29 is 0 Å². The van der Waals surface area contributed by atoms with Crippen LogP contribution in [0.1, 0.15) is 57.8 Å². The molecule has 2 rings (SSSR count). The average molecular weight is 291 g/mol. The molecule has 5 heteroatoms. The molecule has 1 aliphatic heterocycles. The molecule has 0 aromatic carbocycles. The number of hydrogen-bond acceptors (Lipinski definition) is 5. The van der Waals surface area contributed by atoms with Gasteiger partial charge in [0.15, 0.2) is 0 Å². The number of nitrogens with one attached hydrogen (secondary N) is 1. The summed E-state index contributed by atoms with van der Waals surface area (Å²) in [6.07, 6.45) is 5.86. The number of nitrogens with zero attached hydrogens (tertiary/aromatic N) is 3. The number of aryl methyl sites for hydroxylation is 1. The lowest BCUT2D eigenvalue weighted by Gasteiger charge is -2.42. The summed E-state index contributed by atoms with van der Waals surface area (Å²) in [4.78, 5) is 11.6. The Balaban J connectivity index is 2.24. The molecule has 5 nitrogen and oxygen atoms in total. The van der Waals surface area contributed by atoms with Crippen LogP contribution >= 0.6 is 0 Å². The first-order valence-corrected chi connectivity index (χ1v) is 8.18. The highest BCUT2D eigenvalue weighted by molar-refractivity contribution is 5.58. The zero-order chi connectivity index (χ0) is 15.5. The van der Waals surface area contributed by atoms with Gasteiger partial charge >= 0.3 is 0 Å². The molecule has 3 N–H and O–H groups in total. The number of rotatable bonds is 5. The summed E-state index contributed by atoms with van der Waals surface area (Å²) >= 11 is 0. The fraction of sp³-hybridized carbons (Fsp3) is 0.750. The van der Waals surface area contributed by atoms with E-state index >= 15 is 0 Å². The molecule has 0 spiro atoms. The molecule has 0 saturated carbocycles. The SMILES string of the molecule is CCc1nc(NN)c(C)c(N2CCC(CC)(CC)CC2)n1. The van der Waals surface area contributed by atoms with Crippen molar-refractivity contribution in [3.8, 4) is 0 Å². The molecular weight excluding hydrogens is 262 g/mol. The van der Waals surface area contributed by atoms with Gasteiger partial charge in [-0.3, -0.25) is 0 Å². The maximum atomic E-state index is 5.60. The second-order valence-corrected chi connectivity index (χ2v) is 6.13. The van der Waals surface area contributed by atoms with Gasteiger partial charge in [0.05, 0.1) is 0 Å². The number of piperidine rings is 1. The molecule has 1 saturated heterocycles. The summed E-state index contributed by atoms with van der Waals surface area (Å²) in [7, 11) is 0. The van der Waals surface area contributed by atoms with E-state index < -0.39 is 0 Å². The van der Waals surface area contributed by atoms with Crippen molar-refractivity contribution in [2.75, 3.05) is 23.4 Å². The zero-order valence-corrected chi connectivity index (χ0v) is 13.9. The van der Waals surface area contributed by atoms with Crippen LogP contribution in [0.15, 0.2) is 0 Å². The highest BCUT2D eigenvalue weighted by Gasteiger charge is 2.32. The van der Waals surface area contributed by atoms with Gasteiger partial charge in [-0.1, -0.05) is 33.6 Å². The zero-order valence-electron chi connectivity index (χ0n) is 13.9. The number of anilines is 2. The van der Waals surface area contributed by atoms with E-state index in [0.29, 0.717) is 5.41 Å². The molecule has 0 amide bonds. The third-order valence-electron chi connectivity index (χ3n) is 5.24. The smallest absolute Gasteiger partial charge is 0.148 e. The van der Waals surface area contributed by atoms with Gasteiger partial charge in [0, 0.05) is 25.1 Å². The van der Waals surface area contributed by atoms with Crippen LogP contribution < -0.4 is 16.2 Å². The highest BCUT2D eigenvalue weighted by atomic mass is 15.3. The molecule has 0 bridgehead atoms. The van der Waals surface area contributed by atoms with E-state index in [2.05, 4.69) is 36.1 Å². The summed E-state index contributed by atoms with van der Waals surface area (Å²) in [5.41, 5.74) is 4.29. The minimum atomic E-state index is 0.528. The quantitative estimate of drug-likeness (QED) is 0.645. The van der Waals surface area contributed by atoms with Gasteiger partial charge < -0.3 is 10.3 Å². The molecule has 1 fully saturated rings. The second-order valence-electron chi connectivity index (χ2n) is 6.13. The monoisotopic (exact) mass is 291 g/mol. The van der Waals surface area contributed by atoms with Crippen LogP contribution in [0.2, 0.25) is 0 Å². The van der Waals surface area contributed by atoms with Gasteiger partial charge in [0.1, 0.15) is 17.5 Å². The standard InChI is InChI=1S/C16H29N5/c1-5-13-18-14(20-17)12(4)15(19-13)21-10-8-16(6-2,7-3)9-11-21/h5-11,17H2,1-4H3,(H,18,19,20). The molecule has 2 heterocycles. The Morgan fingerprint density at radius 1 is 1.14 bits per heavy atom. The Labute approximate surface area is 128 Å². The molecule has 1 aliphatic rings. The first-order chi connectivity index (χ1) is 10.1. The third kappa shape index (κ3) is 3.12. The molecule has 118 valence electrons. The predicted molar refractivity (Wildman–Crippen MR) is 88.4 cm³/mol. The Morgan fingerprint density at radius 3 is 2.24 bits per heavy atom. The molecular formula is C16H29N5. The first kappa shape index (κ1) is 16.0. The molecule has 21 heavy (non-hydrogen) atoms. The number of hydrogen-bond donors (Lipinski definition) is 2. The largest absolute Gasteiger partial charge is 0.356 e. The summed E-state index contributed by atoms with van der Waals surface area (Å²) in [5, 5.41) is 0. The lowest BCUT2D eigenvalue weighted by molar-refractivity contribution is 0.199. The Hall–Kier alpha value is -1.36. The van der Waals surface area contributed by atoms with E-state index in [0.717, 1.165) is 42.5 Å². The van der Waals surface area contributed by atoms with E-state index in [1.165, 1.54) is 25.7 Å². The van der Waals surface area contributed by atoms with Gasteiger partial charge in [0.2, 0.25) is 0 Å². The van der Waals surface area contributed by atoms with E-state index in [1.807, 2.05) is 6.92 Å². The lowest BCUT2D eigenvalue weighted by Crippen LogP contribution is -2.40. The van der Waals surface area contributed by atoms with Crippen LogP contribution in [-0.4, -0.2) is 23.1 Å². The molecule has 1 aromatic rings. The topological polar surface area (TPSA) is 67.1 Å². The summed E-state index contributed by atoms with van der Waals surface area (Å²) in [5.74, 6) is 8.25. The average Bonchev–Trinajstić information content (AvgIpc) is 2.55. The fourth-order valence-corrected chi connectivity index (χ4v) is 3.31. The Bertz CT molecular complexity index is 472. The van der Waals surface area contributed by atoms with Gasteiger partial charge in [-0.25, -0.2) is 15.8 Å². The van der Waals surface area contributed by atoms with E-state index in [1.54, 1.807) is 0 Å². The van der Waals surface area contributed by atoms with Crippen molar-refractivity contribution >= 4 is 11.6 Å². The summed E-state index contributed by atoms with van der Waals surface area (Å²) in [6, 6.07) is 0. The van der Waals surface area contributed by atoms with Gasteiger partial charge in [-0.15, -0.1) is 0 Å². The molecule has 1 aromatic heterocycles. The van der Waals surface area contributed by atoms with Crippen LogP contribution in [0.5, 0.6) is 0 Å². The van der Waals surface area contributed by atoms with Gasteiger partial charge in [0.25, 0.3) is 0 Å². The second kappa shape index (κ2) is 6.60. The number of hydrazine groups is 1. The molecule has 0 radical (unpaired) electrons. The summed E-state index contributed by atoms with van der Waals surface area (Å²) < 4.78 is 0. The van der Waals surface area contributed by atoms with Crippen LogP contribution in [0.3, 0.4) is 0 Å². The van der Waals surface area contributed by atoms with E-state index in [9.17, 15) is 0 Å². The number of nitrogens with two attached hydrogens (primary N) is 1. The van der Waals surface area contributed by atoms with E-state index in [4.69, 9.17) is 10.8 Å². The van der Waals surface area contributed by atoms with Gasteiger partial charge in [-0.05, 0) is 25.2 Å². The van der Waals surface area contributed by atoms with Crippen LogP contribution in [0.25, 0.3) is 0 Å². The Morgan fingerprint density at radius 2 is 1.76 bits per heavy atom. The van der Waals surface area contributed by atoms with Crippen molar-refractivity contribution in [1.29, 1.82) is 0 Å². The van der Waals surface area contributed by atoms with E-state index in [-0.39, 0.29) is 0 Å². The predicted octanol–water partition coefficient (Wildman–Crippen LogP) is 3.04. The third-order valence-corrected chi connectivity index (χ3v) is 5.24. The normalized spacial score (nSPS) is 17.9. The molecule has 0 atom stereocenters. The highest BCUT2D eigenvalue weighted by Crippen LogP contribution is 2.39. The minimum Gasteiger partial charge on any atom is -0.356 e. The molecule has 0 aliphatic carbocycles.